The summed E-state index contributed by atoms with van der Waals surface area (Å²) in [6.07, 6.45) is 6.22. The number of rotatable bonds is 3. The van der Waals surface area contributed by atoms with Crippen molar-refractivity contribution in [2.75, 3.05) is 5.73 Å². The minimum atomic E-state index is 0.548. The molecule has 4 nitrogen and oxygen atoms in total. The number of aromatic nitrogens is 3. The van der Waals surface area contributed by atoms with Crippen LogP contribution in [0.4, 0.5) is 5.95 Å². The lowest BCUT2D eigenvalue weighted by molar-refractivity contribution is 0.694. The van der Waals surface area contributed by atoms with Gasteiger partial charge < -0.3 is 10.3 Å². The van der Waals surface area contributed by atoms with E-state index in [-0.39, 0.29) is 0 Å². The molecule has 0 aromatic carbocycles. The van der Waals surface area contributed by atoms with E-state index in [1.54, 1.807) is 12.4 Å². The molecule has 0 aliphatic heterocycles. The van der Waals surface area contributed by atoms with Crippen LogP contribution in [0, 0.1) is 0 Å². The first kappa shape index (κ1) is 10.2. The van der Waals surface area contributed by atoms with Crippen LogP contribution in [-0.2, 0) is 13.0 Å². The van der Waals surface area contributed by atoms with Gasteiger partial charge in [-0.25, -0.2) is 4.98 Å². The van der Waals surface area contributed by atoms with Gasteiger partial charge in [-0.15, -0.1) is 0 Å². The molecule has 0 bridgehead atoms. The third-order valence-corrected chi connectivity index (χ3v) is 2.61. The van der Waals surface area contributed by atoms with Gasteiger partial charge in [-0.1, -0.05) is 0 Å². The second-order valence-electron chi connectivity index (χ2n) is 3.20. The van der Waals surface area contributed by atoms with Crippen molar-refractivity contribution >= 4 is 21.9 Å². The van der Waals surface area contributed by atoms with E-state index in [1.807, 2.05) is 22.9 Å². The molecule has 5 heteroatoms. The van der Waals surface area contributed by atoms with Gasteiger partial charge in [0.15, 0.2) is 5.95 Å². The Morgan fingerprint density at radius 3 is 2.80 bits per heavy atom. The summed E-state index contributed by atoms with van der Waals surface area (Å²) in [4.78, 5) is 8.24. The molecule has 0 fully saturated rings. The van der Waals surface area contributed by atoms with Crippen LogP contribution >= 0.6 is 15.9 Å². The molecule has 78 valence electrons. The SMILES string of the molecule is Nc1nccn1CCc1ccc(Br)cn1. The standard InChI is InChI=1S/C10H11BrN4/c11-8-1-2-9(14-7-8)3-5-15-6-4-13-10(15)12/h1-2,4,6-7H,3,5H2,(H2,12,13). The molecule has 2 N–H and O–H groups in total. The first-order chi connectivity index (χ1) is 7.25. The summed E-state index contributed by atoms with van der Waals surface area (Å²) < 4.78 is 2.90. The predicted octanol–water partition coefficient (Wildman–Crippen LogP) is 1.87. The van der Waals surface area contributed by atoms with Crippen LogP contribution in [-0.4, -0.2) is 14.5 Å². The molecule has 2 rings (SSSR count). The van der Waals surface area contributed by atoms with E-state index in [4.69, 9.17) is 5.73 Å². The molecule has 2 aromatic heterocycles. The molecule has 0 saturated carbocycles. The molecule has 0 unspecified atom stereocenters. The largest absolute Gasteiger partial charge is 0.369 e. The summed E-state index contributed by atoms with van der Waals surface area (Å²) in [6.45, 7) is 0.806. The van der Waals surface area contributed by atoms with E-state index in [2.05, 4.69) is 25.9 Å². The second kappa shape index (κ2) is 4.44. The number of halogens is 1. The summed E-state index contributed by atoms with van der Waals surface area (Å²) in [5.74, 6) is 0.548. The highest BCUT2D eigenvalue weighted by Gasteiger charge is 1.99. The molecule has 0 radical (unpaired) electrons. The lowest BCUT2D eigenvalue weighted by Crippen LogP contribution is -2.05. The Labute approximate surface area is 96.3 Å². The van der Waals surface area contributed by atoms with Crippen molar-refractivity contribution < 1.29 is 0 Å². The lowest BCUT2D eigenvalue weighted by atomic mass is 10.3. The van der Waals surface area contributed by atoms with E-state index in [0.717, 1.165) is 23.1 Å². The van der Waals surface area contributed by atoms with Gasteiger partial charge >= 0.3 is 0 Å². The Balaban J connectivity index is 1.99. The number of pyridine rings is 1. The number of imidazole rings is 1. The van der Waals surface area contributed by atoms with Crippen molar-refractivity contribution in [2.45, 2.75) is 13.0 Å². The zero-order chi connectivity index (χ0) is 10.7. The van der Waals surface area contributed by atoms with Crippen LogP contribution < -0.4 is 5.73 Å². The van der Waals surface area contributed by atoms with Gasteiger partial charge in [-0.05, 0) is 28.1 Å². The minimum absolute atomic E-state index is 0.548. The minimum Gasteiger partial charge on any atom is -0.369 e. The fourth-order valence-corrected chi connectivity index (χ4v) is 1.55. The molecular formula is C10H11BrN4. The summed E-state index contributed by atoms with van der Waals surface area (Å²) in [6, 6.07) is 3.98. The highest BCUT2D eigenvalue weighted by atomic mass is 79.9. The Morgan fingerprint density at radius 2 is 2.20 bits per heavy atom. The normalized spacial score (nSPS) is 10.5. The molecule has 0 aliphatic rings. The molecule has 2 heterocycles. The average Bonchev–Trinajstić information content (AvgIpc) is 2.63. The van der Waals surface area contributed by atoms with Gasteiger partial charge in [-0.2, -0.15) is 0 Å². The van der Waals surface area contributed by atoms with Crippen molar-refractivity contribution in [1.82, 2.24) is 14.5 Å². The van der Waals surface area contributed by atoms with Crippen LogP contribution in [0.5, 0.6) is 0 Å². The maximum Gasteiger partial charge on any atom is 0.200 e. The van der Waals surface area contributed by atoms with E-state index < -0.39 is 0 Å². The van der Waals surface area contributed by atoms with Crippen LogP contribution in [0.1, 0.15) is 5.69 Å². The first-order valence-electron chi connectivity index (χ1n) is 4.63. The number of aryl methyl sites for hydroxylation is 2. The molecule has 0 amide bonds. The van der Waals surface area contributed by atoms with Gasteiger partial charge in [0.2, 0.25) is 0 Å². The van der Waals surface area contributed by atoms with E-state index in [1.165, 1.54) is 0 Å². The summed E-state index contributed by atoms with van der Waals surface area (Å²) >= 11 is 3.35. The van der Waals surface area contributed by atoms with Gasteiger partial charge in [0.1, 0.15) is 0 Å². The van der Waals surface area contributed by atoms with Gasteiger partial charge in [0.25, 0.3) is 0 Å². The molecule has 0 aliphatic carbocycles. The summed E-state index contributed by atoms with van der Waals surface area (Å²) in [5, 5.41) is 0. The Morgan fingerprint density at radius 1 is 1.33 bits per heavy atom. The van der Waals surface area contributed by atoms with Crippen molar-refractivity contribution in [1.29, 1.82) is 0 Å². The topological polar surface area (TPSA) is 56.7 Å². The van der Waals surface area contributed by atoms with Gasteiger partial charge in [-0.3, -0.25) is 4.98 Å². The average molecular weight is 267 g/mol. The summed E-state index contributed by atoms with van der Waals surface area (Å²) in [7, 11) is 0. The maximum absolute atomic E-state index is 5.65. The third kappa shape index (κ3) is 2.56. The highest BCUT2D eigenvalue weighted by molar-refractivity contribution is 9.10. The van der Waals surface area contributed by atoms with Crippen molar-refractivity contribution in [2.24, 2.45) is 0 Å². The third-order valence-electron chi connectivity index (χ3n) is 2.15. The van der Waals surface area contributed by atoms with Gasteiger partial charge in [0, 0.05) is 41.7 Å². The van der Waals surface area contributed by atoms with E-state index >= 15 is 0 Å². The molecule has 2 aromatic rings. The van der Waals surface area contributed by atoms with Crippen molar-refractivity contribution in [3.63, 3.8) is 0 Å². The highest BCUT2D eigenvalue weighted by Crippen LogP contribution is 2.09. The molecule has 0 spiro atoms. The second-order valence-corrected chi connectivity index (χ2v) is 4.11. The predicted molar refractivity (Wildman–Crippen MR) is 62.3 cm³/mol. The molecule has 15 heavy (non-hydrogen) atoms. The number of nitrogens with zero attached hydrogens (tertiary/aromatic N) is 3. The fourth-order valence-electron chi connectivity index (χ4n) is 1.32. The Kier molecular flexibility index (Phi) is 3.01. The Bertz CT molecular complexity index is 435. The van der Waals surface area contributed by atoms with Crippen LogP contribution in [0.2, 0.25) is 0 Å². The molecular weight excluding hydrogens is 256 g/mol. The van der Waals surface area contributed by atoms with E-state index in [9.17, 15) is 0 Å². The van der Waals surface area contributed by atoms with Crippen LogP contribution in [0.25, 0.3) is 0 Å². The van der Waals surface area contributed by atoms with Crippen LogP contribution in [0.15, 0.2) is 35.2 Å². The smallest absolute Gasteiger partial charge is 0.200 e. The quantitative estimate of drug-likeness (QED) is 0.923. The fraction of sp³-hybridized carbons (Fsp3) is 0.200. The number of hydrogen-bond donors (Lipinski definition) is 1. The first-order valence-corrected chi connectivity index (χ1v) is 5.42. The Hall–Kier alpha value is -1.36. The monoisotopic (exact) mass is 266 g/mol. The molecule has 0 atom stereocenters. The van der Waals surface area contributed by atoms with Crippen LogP contribution in [0.3, 0.4) is 0 Å². The van der Waals surface area contributed by atoms with Crippen molar-refractivity contribution in [3.8, 4) is 0 Å². The zero-order valence-electron chi connectivity index (χ0n) is 8.10. The number of hydrogen-bond acceptors (Lipinski definition) is 3. The number of nitrogens with two attached hydrogens (primary N) is 1. The van der Waals surface area contributed by atoms with Crippen molar-refractivity contribution in [3.05, 3.63) is 40.9 Å². The zero-order valence-corrected chi connectivity index (χ0v) is 9.68. The maximum atomic E-state index is 5.65. The summed E-state index contributed by atoms with van der Waals surface area (Å²) in [5.41, 5.74) is 6.70. The number of nitrogen functional groups attached to an aromatic ring is 1. The van der Waals surface area contributed by atoms with Gasteiger partial charge in [0.05, 0.1) is 0 Å². The molecule has 0 saturated heterocycles. The lowest BCUT2D eigenvalue weighted by Gasteiger charge is -2.03. The van der Waals surface area contributed by atoms with E-state index in [0.29, 0.717) is 5.95 Å². The number of anilines is 1.